The van der Waals surface area contributed by atoms with Crippen molar-refractivity contribution in [2.75, 3.05) is 13.2 Å². The molecule has 1 aliphatic carbocycles. The van der Waals surface area contributed by atoms with E-state index in [1.807, 2.05) is 31.2 Å². The van der Waals surface area contributed by atoms with Crippen molar-refractivity contribution in [1.29, 1.82) is 0 Å². The number of carboxylic acid groups (broad SMARTS) is 1. The van der Waals surface area contributed by atoms with Crippen molar-refractivity contribution >= 4 is 18.0 Å². The first kappa shape index (κ1) is 23.8. The van der Waals surface area contributed by atoms with Crippen LogP contribution in [0.2, 0.25) is 0 Å². The highest BCUT2D eigenvalue weighted by molar-refractivity contribution is 5.90. The molecule has 0 radical (unpaired) electrons. The molecule has 0 saturated carbocycles. The molecule has 7 heteroatoms. The van der Waals surface area contributed by atoms with Crippen LogP contribution < -0.4 is 5.32 Å². The Bertz CT molecular complexity index is 1040. The standard InChI is InChI=1S/C27H32N2O5/c1-3-27(2,25(32)29-15-9-8-10-18(29)16-24(30)31)28-26(33)34-17-23-21-13-6-4-11-19(21)20-12-5-7-14-22(20)23/h4-7,11-14,18,23H,3,8-10,15-17H2,1-2H3,(H,28,33)(H,30,31)/t18-,27?/m0/s1. The summed E-state index contributed by atoms with van der Waals surface area (Å²) in [5.41, 5.74) is 3.37. The van der Waals surface area contributed by atoms with E-state index in [0.29, 0.717) is 19.4 Å². The van der Waals surface area contributed by atoms with Crippen LogP contribution in [0.15, 0.2) is 48.5 Å². The number of aliphatic carboxylic acids is 1. The molecule has 1 heterocycles. The number of ether oxygens (including phenoxy) is 1. The van der Waals surface area contributed by atoms with E-state index in [1.165, 1.54) is 0 Å². The molecular weight excluding hydrogens is 432 g/mol. The Labute approximate surface area is 200 Å². The topological polar surface area (TPSA) is 95.9 Å². The van der Waals surface area contributed by atoms with Gasteiger partial charge in [-0.1, -0.05) is 55.5 Å². The molecule has 0 bridgehead atoms. The van der Waals surface area contributed by atoms with Gasteiger partial charge in [-0.3, -0.25) is 9.59 Å². The Morgan fingerprint density at radius 1 is 1.06 bits per heavy atom. The smallest absolute Gasteiger partial charge is 0.408 e. The van der Waals surface area contributed by atoms with Crippen molar-refractivity contribution in [3.8, 4) is 11.1 Å². The number of hydrogen-bond donors (Lipinski definition) is 2. The molecule has 1 aliphatic heterocycles. The predicted octanol–water partition coefficient (Wildman–Crippen LogP) is 4.55. The van der Waals surface area contributed by atoms with Gasteiger partial charge >= 0.3 is 12.1 Å². The average molecular weight is 465 g/mol. The van der Waals surface area contributed by atoms with E-state index >= 15 is 0 Å². The number of carbonyl (C=O) groups excluding carboxylic acids is 2. The number of carboxylic acids is 1. The van der Waals surface area contributed by atoms with Gasteiger partial charge in [0.2, 0.25) is 5.91 Å². The van der Waals surface area contributed by atoms with Crippen LogP contribution in [0.5, 0.6) is 0 Å². The highest BCUT2D eigenvalue weighted by Gasteiger charge is 2.41. The SMILES string of the molecule is CCC(C)(NC(=O)OCC1c2ccccc2-c2ccccc21)C(=O)N1CCCC[C@H]1CC(=O)O. The third kappa shape index (κ3) is 4.65. The maximum atomic E-state index is 13.4. The second-order valence-corrected chi connectivity index (χ2v) is 9.38. The Kier molecular flexibility index (Phi) is 6.91. The summed E-state index contributed by atoms with van der Waals surface area (Å²) in [6, 6.07) is 15.9. The van der Waals surface area contributed by atoms with E-state index in [-0.39, 0.29) is 30.9 Å². The fourth-order valence-electron chi connectivity index (χ4n) is 5.15. The normalized spacial score (nSPS) is 19.0. The van der Waals surface area contributed by atoms with Crippen LogP contribution in [0.1, 0.15) is 63.0 Å². The quantitative estimate of drug-likeness (QED) is 0.627. The van der Waals surface area contributed by atoms with Gasteiger partial charge in [-0.15, -0.1) is 0 Å². The molecule has 1 saturated heterocycles. The second-order valence-electron chi connectivity index (χ2n) is 9.38. The summed E-state index contributed by atoms with van der Waals surface area (Å²) in [6.07, 6.45) is 2.01. The van der Waals surface area contributed by atoms with Crippen LogP contribution in [0.4, 0.5) is 4.79 Å². The van der Waals surface area contributed by atoms with E-state index in [0.717, 1.165) is 35.1 Å². The lowest BCUT2D eigenvalue weighted by Crippen LogP contribution is -2.60. The lowest BCUT2D eigenvalue weighted by molar-refractivity contribution is -0.145. The molecule has 180 valence electrons. The van der Waals surface area contributed by atoms with Gasteiger partial charge in [0.15, 0.2) is 0 Å². The van der Waals surface area contributed by atoms with Crippen molar-refractivity contribution in [2.24, 2.45) is 0 Å². The summed E-state index contributed by atoms with van der Waals surface area (Å²) >= 11 is 0. The zero-order valence-corrected chi connectivity index (χ0v) is 19.8. The van der Waals surface area contributed by atoms with E-state index in [9.17, 15) is 19.5 Å². The fourth-order valence-corrected chi connectivity index (χ4v) is 5.15. The first-order chi connectivity index (χ1) is 16.3. The van der Waals surface area contributed by atoms with Crippen LogP contribution in [0, 0.1) is 0 Å². The highest BCUT2D eigenvalue weighted by Crippen LogP contribution is 2.44. The minimum Gasteiger partial charge on any atom is -0.481 e. The molecule has 2 amide bonds. The molecule has 0 spiro atoms. The molecule has 1 fully saturated rings. The molecule has 2 atom stereocenters. The van der Waals surface area contributed by atoms with Crippen LogP contribution in [-0.4, -0.2) is 52.7 Å². The minimum atomic E-state index is -1.17. The van der Waals surface area contributed by atoms with Crippen molar-refractivity contribution < 1.29 is 24.2 Å². The summed E-state index contributed by atoms with van der Waals surface area (Å²) in [7, 11) is 0. The van der Waals surface area contributed by atoms with Gasteiger partial charge in [0.1, 0.15) is 12.1 Å². The number of benzene rings is 2. The Hall–Kier alpha value is -3.35. The minimum absolute atomic E-state index is 0.0659. The monoisotopic (exact) mass is 464 g/mol. The highest BCUT2D eigenvalue weighted by atomic mass is 16.5. The number of nitrogens with zero attached hydrogens (tertiary/aromatic N) is 1. The maximum Gasteiger partial charge on any atom is 0.408 e. The number of nitrogens with one attached hydrogen (secondary N) is 1. The van der Waals surface area contributed by atoms with Gasteiger partial charge in [-0.25, -0.2) is 4.79 Å². The number of piperidine rings is 1. The van der Waals surface area contributed by atoms with Crippen molar-refractivity contribution in [1.82, 2.24) is 10.2 Å². The molecule has 1 unspecified atom stereocenters. The molecule has 2 N–H and O–H groups in total. The van der Waals surface area contributed by atoms with E-state index in [2.05, 4.69) is 29.6 Å². The Morgan fingerprint density at radius 2 is 1.68 bits per heavy atom. The van der Waals surface area contributed by atoms with Crippen LogP contribution in [0.3, 0.4) is 0 Å². The Morgan fingerprint density at radius 3 is 2.26 bits per heavy atom. The van der Waals surface area contributed by atoms with Crippen molar-refractivity contribution in [3.63, 3.8) is 0 Å². The van der Waals surface area contributed by atoms with Crippen molar-refractivity contribution in [2.45, 2.75) is 63.5 Å². The number of amides is 2. The van der Waals surface area contributed by atoms with Gasteiger partial charge < -0.3 is 20.1 Å². The average Bonchev–Trinajstić information content (AvgIpc) is 3.16. The lowest BCUT2D eigenvalue weighted by Gasteiger charge is -2.40. The third-order valence-corrected chi connectivity index (χ3v) is 7.20. The molecule has 2 aromatic rings. The zero-order chi connectivity index (χ0) is 24.3. The van der Waals surface area contributed by atoms with E-state index in [1.54, 1.807) is 11.8 Å². The summed E-state index contributed by atoms with van der Waals surface area (Å²) in [5, 5.41) is 12.0. The number of hydrogen-bond acceptors (Lipinski definition) is 4. The molecule has 4 rings (SSSR count). The molecule has 2 aromatic carbocycles. The van der Waals surface area contributed by atoms with Gasteiger partial charge in [0.25, 0.3) is 0 Å². The Balaban J connectivity index is 1.44. The molecular formula is C27H32N2O5. The summed E-state index contributed by atoms with van der Waals surface area (Å²) in [4.78, 5) is 39.2. The van der Waals surface area contributed by atoms with Gasteiger partial charge in [0.05, 0.1) is 6.42 Å². The van der Waals surface area contributed by atoms with Gasteiger partial charge in [-0.05, 0) is 54.9 Å². The van der Waals surface area contributed by atoms with Crippen molar-refractivity contribution in [3.05, 3.63) is 59.7 Å². The molecule has 2 aliphatic rings. The number of alkyl carbamates (subject to hydrolysis) is 1. The summed E-state index contributed by atoms with van der Waals surface area (Å²) in [6.45, 7) is 4.18. The summed E-state index contributed by atoms with van der Waals surface area (Å²) in [5.74, 6) is -1.24. The number of fused-ring (bicyclic) bond motifs is 3. The fraction of sp³-hybridized carbons (Fsp3) is 0.444. The van der Waals surface area contributed by atoms with Gasteiger partial charge in [0, 0.05) is 18.5 Å². The van der Waals surface area contributed by atoms with Crippen LogP contribution in [0.25, 0.3) is 11.1 Å². The van der Waals surface area contributed by atoms with E-state index < -0.39 is 17.6 Å². The zero-order valence-electron chi connectivity index (χ0n) is 19.8. The molecule has 34 heavy (non-hydrogen) atoms. The van der Waals surface area contributed by atoms with Crippen LogP contribution >= 0.6 is 0 Å². The number of carbonyl (C=O) groups is 3. The van der Waals surface area contributed by atoms with E-state index in [4.69, 9.17) is 4.74 Å². The van der Waals surface area contributed by atoms with Gasteiger partial charge in [-0.2, -0.15) is 0 Å². The molecule has 7 nitrogen and oxygen atoms in total. The molecule has 0 aromatic heterocycles. The third-order valence-electron chi connectivity index (χ3n) is 7.20. The predicted molar refractivity (Wildman–Crippen MR) is 129 cm³/mol. The van der Waals surface area contributed by atoms with Crippen LogP contribution in [-0.2, 0) is 14.3 Å². The number of likely N-dealkylation sites (tertiary alicyclic amines) is 1. The second kappa shape index (κ2) is 9.87. The maximum absolute atomic E-state index is 13.4. The summed E-state index contributed by atoms with van der Waals surface area (Å²) < 4.78 is 5.65. The lowest BCUT2D eigenvalue weighted by atomic mass is 9.92. The first-order valence-electron chi connectivity index (χ1n) is 12.0. The first-order valence-corrected chi connectivity index (χ1v) is 12.0. The number of rotatable bonds is 7. The largest absolute Gasteiger partial charge is 0.481 e.